The molecule has 0 saturated heterocycles. The van der Waals surface area contributed by atoms with Gasteiger partial charge in [0.1, 0.15) is 0 Å². The summed E-state index contributed by atoms with van der Waals surface area (Å²) in [5.41, 5.74) is 0. The molecule has 0 N–H and O–H groups in total. The van der Waals surface area contributed by atoms with Crippen molar-refractivity contribution in [1.29, 1.82) is 0 Å². The zero-order valence-corrected chi connectivity index (χ0v) is 11.1. The van der Waals surface area contributed by atoms with Crippen LogP contribution in [0.3, 0.4) is 0 Å². The van der Waals surface area contributed by atoms with E-state index in [0.717, 1.165) is 10.6 Å². The van der Waals surface area contributed by atoms with Gasteiger partial charge in [0, 0.05) is 29.6 Å². The van der Waals surface area contributed by atoms with Crippen LogP contribution in [0.25, 0.3) is 0 Å². The lowest BCUT2D eigenvalue weighted by Gasteiger charge is -2.20. The second-order valence-electron chi connectivity index (χ2n) is 3.54. The number of hydrogen-bond donors (Lipinski definition) is 0. The Hall–Kier alpha value is -0.320. The molecule has 0 spiro atoms. The smallest absolute Gasteiger partial charge is 0.251 e. The highest BCUT2D eigenvalue weighted by Gasteiger charge is 2.11. The van der Waals surface area contributed by atoms with Gasteiger partial charge >= 0.3 is 0 Å². The van der Waals surface area contributed by atoms with Crippen molar-refractivity contribution in [2.24, 2.45) is 0 Å². The Balaban J connectivity index is 2.26. The summed E-state index contributed by atoms with van der Waals surface area (Å²) in [7, 11) is 0. The molecule has 0 atom stereocenters. The zero-order valence-electron chi connectivity index (χ0n) is 9.49. The monoisotopic (exact) mass is 279 g/mol. The summed E-state index contributed by atoms with van der Waals surface area (Å²) in [5, 5.41) is 0. The molecule has 0 fully saturated rings. The lowest BCUT2D eigenvalue weighted by atomic mass is 10.4. The first-order valence-electron chi connectivity index (χ1n) is 5.46. The number of thioether (sulfide) groups is 1. The van der Waals surface area contributed by atoms with E-state index in [-0.39, 0.29) is 6.54 Å². The van der Waals surface area contributed by atoms with Gasteiger partial charge in [-0.1, -0.05) is 18.2 Å². The van der Waals surface area contributed by atoms with Gasteiger partial charge in [0.05, 0.1) is 6.54 Å². The molecule has 1 aromatic carbocycles. The van der Waals surface area contributed by atoms with Crippen LogP contribution in [-0.4, -0.2) is 42.6 Å². The molecule has 1 rings (SSSR count). The molecular formula is C12H16ClF2NS. The van der Waals surface area contributed by atoms with Crippen molar-refractivity contribution in [2.45, 2.75) is 11.3 Å². The van der Waals surface area contributed by atoms with Crippen LogP contribution >= 0.6 is 23.4 Å². The van der Waals surface area contributed by atoms with E-state index in [1.165, 1.54) is 0 Å². The number of benzene rings is 1. The fraction of sp³-hybridized carbons (Fsp3) is 0.500. The molecule has 0 aromatic heterocycles. The minimum atomic E-state index is -2.29. The average molecular weight is 280 g/mol. The Morgan fingerprint density at radius 3 is 2.47 bits per heavy atom. The number of rotatable bonds is 8. The van der Waals surface area contributed by atoms with Crippen molar-refractivity contribution in [3.8, 4) is 0 Å². The Labute approximate surface area is 110 Å². The van der Waals surface area contributed by atoms with Crippen LogP contribution in [0, 0.1) is 0 Å². The van der Waals surface area contributed by atoms with Gasteiger partial charge in [-0.05, 0) is 12.1 Å². The zero-order chi connectivity index (χ0) is 12.5. The molecule has 0 aliphatic carbocycles. The lowest BCUT2D eigenvalue weighted by molar-refractivity contribution is 0.0943. The van der Waals surface area contributed by atoms with Gasteiger partial charge in [0.25, 0.3) is 6.43 Å². The lowest BCUT2D eigenvalue weighted by Crippen LogP contribution is -2.32. The average Bonchev–Trinajstić information content (AvgIpc) is 2.30. The molecule has 0 amide bonds. The molecule has 0 aliphatic heterocycles. The maximum absolute atomic E-state index is 12.3. The summed E-state index contributed by atoms with van der Waals surface area (Å²) in [4.78, 5) is 2.86. The minimum absolute atomic E-state index is 0.192. The molecule has 0 unspecified atom stereocenters. The number of halogens is 3. The van der Waals surface area contributed by atoms with Crippen LogP contribution in [0.2, 0.25) is 0 Å². The Morgan fingerprint density at radius 2 is 1.88 bits per heavy atom. The second-order valence-corrected chi connectivity index (χ2v) is 5.09. The Bertz CT molecular complexity index is 298. The predicted octanol–water partition coefficient (Wildman–Crippen LogP) is 3.58. The van der Waals surface area contributed by atoms with E-state index in [0.29, 0.717) is 19.0 Å². The van der Waals surface area contributed by atoms with Gasteiger partial charge in [-0.25, -0.2) is 8.78 Å². The molecule has 0 aliphatic rings. The Morgan fingerprint density at radius 1 is 1.18 bits per heavy atom. The van der Waals surface area contributed by atoms with Crippen LogP contribution in [0.1, 0.15) is 0 Å². The number of nitrogens with zero attached hydrogens (tertiary/aromatic N) is 1. The summed E-state index contributed by atoms with van der Waals surface area (Å²) in [5.74, 6) is 1.19. The Kier molecular flexibility index (Phi) is 7.56. The van der Waals surface area contributed by atoms with Crippen LogP contribution in [0.4, 0.5) is 8.78 Å². The van der Waals surface area contributed by atoms with Crippen molar-refractivity contribution < 1.29 is 8.78 Å². The molecule has 0 heterocycles. The first kappa shape index (κ1) is 14.7. The van der Waals surface area contributed by atoms with Gasteiger partial charge in [0.15, 0.2) is 0 Å². The molecule has 1 aromatic rings. The predicted molar refractivity (Wildman–Crippen MR) is 70.3 cm³/mol. The third-order valence-electron chi connectivity index (χ3n) is 2.22. The topological polar surface area (TPSA) is 3.24 Å². The highest BCUT2D eigenvalue weighted by molar-refractivity contribution is 7.99. The standard InChI is InChI=1S/C12H16ClF2NS/c13-6-7-16(10-12(14)15)8-9-17-11-4-2-1-3-5-11/h1-5,12H,6-10H2. The van der Waals surface area contributed by atoms with Crippen molar-refractivity contribution in [3.63, 3.8) is 0 Å². The number of alkyl halides is 3. The number of hydrogen-bond acceptors (Lipinski definition) is 2. The molecule has 17 heavy (non-hydrogen) atoms. The van der Waals surface area contributed by atoms with E-state index in [2.05, 4.69) is 0 Å². The fourth-order valence-electron chi connectivity index (χ4n) is 1.42. The maximum Gasteiger partial charge on any atom is 0.251 e. The summed E-state index contributed by atoms with van der Waals surface area (Å²) in [6.45, 7) is 0.958. The van der Waals surface area contributed by atoms with Crippen molar-refractivity contribution in [1.82, 2.24) is 4.90 Å². The second kappa shape index (κ2) is 8.72. The van der Waals surface area contributed by atoms with Crippen molar-refractivity contribution in [3.05, 3.63) is 30.3 Å². The van der Waals surface area contributed by atoms with Crippen LogP contribution in [-0.2, 0) is 0 Å². The van der Waals surface area contributed by atoms with E-state index in [1.54, 1.807) is 16.7 Å². The van der Waals surface area contributed by atoms with Crippen molar-refractivity contribution in [2.75, 3.05) is 31.3 Å². The normalized spacial score (nSPS) is 11.4. The molecule has 5 heteroatoms. The summed E-state index contributed by atoms with van der Waals surface area (Å²) in [6.07, 6.45) is -2.29. The van der Waals surface area contributed by atoms with E-state index in [9.17, 15) is 8.78 Å². The van der Waals surface area contributed by atoms with Crippen molar-refractivity contribution >= 4 is 23.4 Å². The van der Waals surface area contributed by atoms with E-state index < -0.39 is 6.43 Å². The van der Waals surface area contributed by atoms with Crippen LogP contribution in [0.15, 0.2) is 35.2 Å². The largest absolute Gasteiger partial charge is 0.296 e. The van der Waals surface area contributed by atoms with E-state index >= 15 is 0 Å². The van der Waals surface area contributed by atoms with Crippen LogP contribution in [0.5, 0.6) is 0 Å². The molecule has 1 nitrogen and oxygen atoms in total. The SMILES string of the molecule is FC(F)CN(CCCl)CCSc1ccccc1. The van der Waals surface area contributed by atoms with Gasteiger partial charge < -0.3 is 0 Å². The van der Waals surface area contributed by atoms with Gasteiger partial charge in [-0.15, -0.1) is 23.4 Å². The third-order valence-corrected chi connectivity index (χ3v) is 3.38. The highest BCUT2D eigenvalue weighted by atomic mass is 35.5. The van der Waals surface area contributed by atoms with E-state index in [1.807, 2.05) is 30.3 Å². The highest BCUT2D eigenvalue weighted by Crippen LogP contribution is 2.16. The van der Waals surface area contributed by atoms with Gasteiger partial charge in [-0.2, -0.15) is 0 Å². The first-order chi connectivity index (χ1) is 8.22. The molecule has 0 saturated carbocycles. The fourth-order valence-corrected chi connectivity index (χ4v) is 2.59. The van der Waals surface area contributed by atoms with E-state index in [4.69, 9.17) is 11.6 Å². The minimum Gasteiger partial charge on any atom is -0.296 e. The summed E-state index contributed by atoms with van der Waals surface area (Å²) < 4.78 is 24.5. The summed E-state index contributed by atoms with van der Waals surface area (Å²) in [6, 6.07) is 9.93. The quantitative estimate of drug-likeness (QED) is 0.528. The molecule has 0 radical (unpaired) electrons. The van der Waals surface area contributed by atoms with Crippen LogP contribution < -0.4 is 0 Å². The van der Waals surface area contributed by atoms with Gasteiger partial charge in [0.2, 0.25) is 0 Å². The van der Waals surface area contributed by atoms with Gasteiger partial charge in [-0.3, -0.25) is 4.90 Å². The molecular weight excluding hydrogens is 264 g/mol. The third kappa shape index (κ3) is 6.86. The molecule has 96 valence electrons. The first-order valence-corrected chi connectivity index (χ1v) is 6.98. The summed E-state index contributed by atoms with van der Waals surface area (Å²) >= 11 is 7.25. The maximum atomic E-state index is 12.3. The molecule has 0 bridgehead atoms.